The lowest BCUT2D eigenvalue weighted by Gasteiger charge is -2.30. The van der Waals surface area contributed by atoms with Crippen molar-refractivity contribution >= 4 is 57.5 Å². The van der Waals surface area contributed by atoms with Gasteiger partial charge >= 0.3 is 6.03 Å². The normalized spacial score (nSPS) is 18.0. The van der Waals surface area contributed by atoms with Crippen LogP contribution in [0.2, 0.25) is 10.0 Å². The minimum atomic E-state index is -0.833. The number of nitrogens with zero attached hydrogens (tertiary/aromatic N) is 2. The fourth-order valence-corrected chi connectivity index (χ4v) is 5.16. The monoisotopic (exact) mass is 466 g/mol. The van der Waals surface area contributed by atoms with E-state index in [1.807, 2.05) is 0 Å². The molecule has 2 aromatic rings. The van der Waals surface area contributed by atoms with E-state index in [4.69, 9.17) is 23.2 Å². The van der Waals surface area contributed by atoms with Crippen molar-refractivity contribution in [3.63, 3.8) is 0 Å². The van der Waals surface area contributed by atoms with Gasteiger partial charge in [0.25, 0.3) is 5.91 Å². The lowest BCUT2D eigenvalue weighted by molar-refractivity contribution is -0.134. The van der Waals surface area contributed by atoms with Gasteiger partial charge in [0.05, 0.1) is 0 Å². The van der Waals surface area contributed by atoms with Crippen molar-refractivity contribution in [1.82, 2.24) is 15.2 Å². The van der Waals surface area contributed by atoms with Crippen molar-refractivity contribution in [3.05, 3.63) is 44.9 Å². The van der Waals surface area contributed by atoms with Gasteiger partial charge in [0.15, 0.2) is 5.13 Å². The predicted octanol–water partition coefficient (Wildman–Crippen LogP) is 4.23. The molecule has 2 heterocycles. The molecule has 30 heavy (non-hydrogen) atoms. The number of amides is 4. The Morgan fingerprint density at radius 2 is 2.00 bits per heavy atom. The lowest BCUT2D eigenvalue weighted by Crippen LogP contribution is -2.48. The van der Waals surface area contributed by atoms with Crippen molar-refractivity contribution in [1.29, 1.82) is 0 Å². The number of urea groups is 1. The molecule has 1 aromatic heterocycles. The van der Waals surface area contributed by atoms with Crippen LogP contribution in [-0.2, 0) is 16.0 Å². The van der Waals surface area contributed by atoms with Crippen LogP contribution in [0.5, 0.6) is 0 Å². The number of rotatable bonds is 5. The summed E-state index contributed by atoms with van der Waals surface area (Å²) < 4.78 is 0. The number of anilines is 1. The van der Waals surface area contributed by atoms with E-state index >= 15 is 0 Å². The number of imide groups is 1. The zero-order valence-electron chi connectivity index (χ0n) is 16.0. The molecule has 0 unspecified atom stereocenters. The number of nitrogens with one attached hydrogen (secondary N) is 2. The number of hydrogen-bond acceptors (Lipinski definition) is 5. The average molecular weight is 467 g/mol. The van der Waals surface area contributed by atoms with Crippen molar-refractivity contribution in [3.8, 4) is 0 Å². The molecule has 0 atom stereocenters. The van der Waals surface area contributed by atoms with Gasteiger partial charge in [0, 0.05) is 27.5 Å². The molecule has 4 rings (SSSR count). The maximum atomic E-state index is 12.8. The molecule has 1 aromatic carbocycles. The smallest absolute Gasteiger partial charge is 0.323 e. The second-order valence-electron chi connectivity index (χ2n) is 7.56. The molecule has 10 heteroatoms. The van der Waals surface area contributed by atoms with Crippen molar-refractivity contribution in [2.24, 2.45) is 0 Å². The Balaban J connectivity index is 1.37. The van der Waals surface area contributed by atoms with Gasteiger partial charge in [-0.1, -0.05) is 42.5 Å². The van der Waals surface area contributed by atoms with Gasteiger partial charge in [-0.3, -0.25) is 14.5 Å². The number of halogens is 2. The standard InChI is InChI=1S/C20H20Cl2N4O3S/c21-13-4-5-15(22)12(8-13)9-14-10-23-18(30-14)24-16(27)11-26-17(28)20(25-19(26)29)6-2-1-3-7-20/h4-5,8,10H,1-3,6-7,9,11H2,(H,25,29)(H,23,24,27). The molecule has 4 amide bonds. The number of hydrogen-bond donors (Lipinski definition) is 2. The van der Waals surface area contributed by atoms with E-state index in [-0.39, 0.29) is 12.5 Å². The average Bonchev–Trinajstić information content (AvgIpc) is 3.23. The lowest BCUT2D eigenvalue weighted by atomic mass is 9.82. The summed E-state index contributed by atoms with van der Waals surface area (Å²) in [6.07, 6.45) is 6.27. The Hall–Kier alpha value is -2.16. The highest BCUT2D eigenvalue weighted by Gasteiger charge is 2.51. The first kappa shape index (κ1) is 21.1. The van der Waals surface area contributed by atoms with Crippen LogP contribution in [0.15, 0.2) is 24.4 Å². The maximum Gasteiger partial charge on any atom is 0.325 e. The minimum absolute atomic E-state index is 0.308. The molecular weight excluding hydrogens is 447 g/mol. The summed E-state index contributed by atoms with van der Waals surface area (Å²) >= 11 is 13.5. The van der Waals surface area contributed by atoms with E-state index in [0.29, 0.717) is 34.4 Å². The fourth-order valence-electron chi connectivity index (χ4n) is 3.93. The Labute approximate surface area is 187 Å². The van der Waals surface area contributed by atoms with Crippen LogP contribution in [-0.4, -0.2) is 39.8 Å². The van der Waals surface area contributed by atoms with Crippen LogP contribution in [0.1, 0.15) is 42.5 Å². The summed E-state index contributed by atoms with van der Waals surface area (Å²) in [4.78, 5) is 43.6. The molecule has 158 valence electrons. The minimum Gasteiger partial charge on any atom is -0.323 e. The third kappa shape index (κ3) is 4.31. The number of aromatic nitrogens is 1. The van der Waals surface area contributed by atoms with E-state index in [1.54, 1.807) is 24.4 Å². The molecule has 1 saturated carbocycles. The molecule has 0 radical (unpaired) electrons. The molecule has 1 spiro atoms. The third-order valence-corrected chi connectivity index (χ3v) is 6.94. The zero-order chi connectivity index (χ0) is 21.3. The Kier molecular flexibility index (Phi) is 5.99. The number of benzene rings is 1. The highest BCUT2D eigenvalue weighted by molar-refractivity contribution is 7.15. The van der Waals surface area contributed by atoms with Gasteiger partial charge in [0.1, 0.15) is 12.1 Å². The molecule has 1 aliphatic carbocycles. The summed E-state index contributed by atoms with van der Waals surface area (Å²) in [5.41, 5.74) is 0.0306. The first-order valence-electron chi connectivity index (χ1n) is 9.69. The molecule has 7 nitrogen and oxygen atoms in total. The molecule has 2 N–H and O–H groups in total. The largest absolute Gasteiger partial charge is 0.325 e. The fraction of sp³-hybridized carbons (Fsp3) is 0.400. The first-order valence-corrected chi connectivity index (χ1v) is 11.3. The van der Waals surface area contributed by atoms with Crippen LogP contribution in [0.4, 0.5) is 9.93 Å². The van der Waals surface area contributed by atoms with Crippen LogP contribution in [0, 0.1) is 0 Å². The van der Waals surface area contributed by atoms with Crippen LogP contribution >= 0.6 is 34.5 Å². The zero-order valence-corrected chi connectivity index (χ0v) is 18.4. The number of carbonyl (C=O) groups is 3. The predicted molar refractivity (Wildman–Crippen MR) is 116 cm³/mol. The van der Waals surface area contributed by atoms with Gasteiger partial charge < -0.3 is 10.6 Å². The molecule has 2 fully saturated rings. The van der Waals surface area contributed by atoms with Crippen molar-refractivity contribution in [2.45, 2.75) is 44.1 Å². The van der Waals surface area contributed by atoms with E-state index in [1.165, 1.54) is 11.3 Å². The van der Waals surface area contributed by atoms with E-state index in [2.05, 4.69) is 15.6 Å². The second-order valence-corrected chi connectivity index (χ2v) is 9.52. The summed E-state index contributed by atoms with van der Waals surface area (Å²) in [5.74, 6) is -0.772. The molecule has 1 saturated heterocycles. The third-order valence-electron chi connectivity index (χ3n) is 5.43. The second kappa shape index (κ2) is 8.53. The van der Waals surface area contributed by atoms with Crippen LogP contribution in [0.25, 0.3) is 0 Å². The van der Waals surface area contributed by atoms with Crippen LogP contribution < -0.4 is 10.6 Å². The Morgan fingerprint density at radius 1 is 1.23 bits per heavy atom. The van der Waals surface area contributed by atoms with Crippen LogP contribution in [0.3, 0.4) is 0 Å². The summed E-state index contributed by atoms with van der Waals surface area (Å²) in [5, 5.41) is 7.06. The van der Waals surface area contributed by atoms with Gasteiger partial charge in [0.2, 0.25) is 5.91 Å². The van der Waals surface area contributed by atoms with E-state index in [9.17, 15) is 14.4 Å². The molecule has 0 bridgehead atoms. The molecule has 2 aliphatic rings. The van der Waals surface area contributed by atoms with Gasteiger partial charge in [-0.05, 0) is 36.6 Å². The quantitative estimate of drug-likeness (QED) is 0.644. The molecular formula is C20H20Cl2N4O3S. The summed E-state index contributed by atoms with van der Waals surface area (Å²) in [6.45, 7) is -0.332. The van der Waals surface area contributed by atoms with Crippen molar-refractivity contribution < 1.29 is 14.4 Å². The summed E-state index contributed by atoms with van der Waals surface area (Å²) in [7, 11) is 0. The van der Waals surface area contributed by atoms with Gasteiger partial charge in [-0.2, -0.15) is 0 Å². The summed E-state index contributed by atoms with van der Waals surface area (Å²) in [6, 6.07) is 4.74. The Morgan fingerprint density at radius 3 is 2.77 bits per heavy atom. The van der Waals surface area contributed by atoms with Gasteiger partial charge in [-0.25, -0.2) is 9.78 Å². The SMILES string of the molecule is O=C(CN1C(=O)NC2(CCCCC2)C1=O)Nc1ncc(Cc2cc(Cl)ccc2Cl)s1. The Bertz CT molecular complexity index is 1000. The first-order chi connectivity index (χ1) is 14.4. The van der Waals surface area contributed by atoms with E-state index < -0.39 is 17.5 Å². The van der Waals surface area contributed by atoms with Crippen molar-refractivity contribution in [2.75, 3.05) is 11.9 Å². The topological polar surface area (TPSA) is 91.4 Å². The molecule has 1 aliphatic heterocycles. The highest BCUT2D eigenvalue weighted by atomic mass is 35.5. The maximum absolute atomic E-state index is 12.8. The van der Waals surface area contributed by atoms with E-state index in [0.717, 1.165) is 34.6 Å². The highest BCUT2D eigenvalue weighted by Crippen LogP contribution is 2.33. The van der Waals surface area contributed by atoms with Gasteiger partial charge in [-0.15, -0.1) is 11.3 Å². The number of thiazole rings is 1. The number of carbonyl (C=O) groups excluding carboxylic acids is 3.